The van der Waals surface area contributed by atoms with Crippen LogP contribution in [0.5, 0.6) is 5.75 Å². The second-order valence-electron chi connectivity index (χ2n) is 5.78. The summed E-state index contributed by atoms with van der Waals surface area (Å²) < 4.78 is 7.51. The summed E-state index contributed by atoms with van der Waals surface area (Å²) >= 11 is 0. The van der Waals surface area contributed by atoms with E-state index in [4.69, 9.17) is 4.74 Å². The molecule has 1 aromatic heterocycles. The number of rotatable bonds is 6. The van der Waals surface area contributed by atoms with Gasteiger partial charge in [-0.2, -0.15) is 0 Å². The quantitative estimate of drug-likeness (QED) is 0.502. The predicted octanol–water partition coefficient (Wildman–Crippen LogP) is 3.95. The van der Waals surface area contributed by atoms with Gasteiger partial charge in [0, 0.05) is 36.5 Å². The Hall–Kier alpha value is -3.32. The van der Waals surface area contributed by atoms with Crippen LogP contribution in [0.25, 0.3) is 0 Å². The zero-order chi connectivity index (χ0) is 18.2. The van der Waals surface area contributed by atoms with Gasteiger partial charge in [-0.3, -0.25) is 4.79 Å². The van der Waals surface area contributed by atoms with Crippen LogP contribution >= 0.6 is 0 Å². The fourth-order valence-electron chi connectivity index (χ4n) is 2.52. The molecule has 0 aliphatic heterocycles. The summed E-state index contributed by atoms with van der Waals surface area (Å²) in [4.78, 5) is 16.6. The smallest absolute Gasteiger partial charge is 0.193 e. The van der Waals surface area contributed by atoms with Crippen molar-refractivity contribution in [3.05, 3.63) is 83.9 Å². The molecular formula is C22H20N2O2. The predicted molar refractivity (Wildman–Crippen MR) is 101 cm³/mol. The lowest BCUT2D eigenvalue weighted by molar-refractivity contribution is 0.103. The topological polar surface area (TPSA) is 44.1 Å². The van der Waals surface area contributed by atoms with Crippen molar-refractivity contribution in [1.82, 2.24) is 9.55 Å². The Balaban J connectivity index is 1.63. The number of carbonyl (C=O) groups is 1. The molecule has 1 heterocycles. The second-order valence-corrected chi connectivity index (χ2v) is 5.78. The fraction of sp³-hybridized carbons (Fsp3) is 0.182. The summed E-state index contributed by atoms with van der Waals surface area (Å²) in [6, 6.07) is 14.8. The highest BCUT2D eigenvalue weighted by Crippen LogP contribution is 2.16. The number of hydrogen-bond acceptors (Lipinski definition) is 3. The van der Waals surface area contributed by atoms with Gasteiger partial charge in [-0.1, -0.05) is 37.1 Å². The lowest BCUT2D eigenvalue weighted by Crippen LogP contribution is -2.03. The van der Waals surface area contributed by atoms with E-state index < -0.39 is 0 Å². The first kappa shape index (κ1) is 17.5. The van der Waals surface area contributed by atoms with Crippen LogP contribution in [0.3, 0.4) is 0 Å². The van der Waals surface area contributed by atoms with E-state index >= 15 is 0 Å². The molecule has 0 aliphatic rings. The number of ether oxygens (including phenoxy) is 1. The van der Waals surface area contributed by atoms with Gasteiger partial charge >= 0.3 is 0 Å². The first-order chi connectivity index (χ1) is 12.8. The highest BCUT2D eigenvalue weighted by Gasteiger charge is 2.09. The first-order valence-corrected chi connectivity index (χ1v) is 8.54. The molecule has 0 spiro atoms. The van der Waals surface area contributed by atoms with Gasteiger partial charge in [0.2, 0.25) is 0 Å². The van der Waals surface area contributed by atoms with Gasteiger partial charge < -0.3 is 9.30 Å². The zero-order valence-corrected chi connectivity index (χ0v) is 14.7. The molecule has 4 heteroatoms. The van der Waals surface area contributed by atoms with E-state index in [9.17, 15) is 4.79 Å². The molecular weight excluding hydrogens is 324 g/mol. The van der Waals surface area contributed by atoms with Gasteiger partial charge in [0.05, 0.1) is 6.33 Å². The van der Waals surface area contributed by atoms with E-state index in [1.807, 2.05) is 42.0 Å². The van der Waals surface area contributed by atoms with Crippen molar-refractivity contribution < 1.29 is 9.53 Å². The fourth-order valence-corrected chi connectivity index (χ4v) is 2.52. The Morgan fingerprint density at radius 1 is 1.04 bits per heavy atom. The van der Waals surface area contributed by atoms with E-state index in [0.717, 1.165) is 18.5 Å². The van der Waals surface area contributed by atoms with Crippen LogP contribution in [0.4, 0.5) is 0 Å². The average molecular weight is 344 g/mol. The third-order valence-electron chi connectivity index (χ3n) is 3.87. The Labute approximate surface area is 153 Å². The highest BCUT2D eigenvalue weighted by atomic mass is 16.5. The third kappa shape index (κ3) is 4.61. The van der Waals surface area contributed by atoms with Crippen molar-refractivity contribution in [3.8, 4) is 17.6 Å². The van der Waals surface area contributed by atoms with Gasteiger partial charge in [0.15, 0.2) is 5.78 Å². The summed E-state index contributed by atoms with van der Waals surface area (Å²) in [6.45, 7) is 3.10. The average Bonchev–Trinajstić information content (AvgIpc) is 3.19. The van der Waals surface area contributed by atoms with Gasteiger partial charge in [0.1, 0.15) is 12.4 Å². The molecule has 0 saturated heterocycles. The standard InChI is InChI=1S/C22H20N2O2/c1-2-3-4-15-26-21-11-9-20(10-12-21)22(25)19-7-5-18(6-8-19)16-24-14-13-23-17-24/h5-14,17H,2,15-16H2,1H3. The number of benzene rings is 2. The van der Waals surface area contributed by atoms with Crippen LogP contribution in [0.15, 0.2) is 67.3 Å². The van der Waals surface area contributed by atoms with Crippen LogP contribution in [0, 0.1) is 11.8 Å². The molecule has 0 atom stereocenters. The molecule has 0 amide bonds. The number of imidazole rings is 1. The van der Waals surface area contributed by atoms with Crippen LogP contribution in [0.2, 0.25) is 0 Å². The third-order valence-corrected chi connectivity index (χ3v) is 3.87. The minimum absolute atomic E-state index is 0.00324. The van der Waals surface area contributed by atoms with Crippen LogP contribution in [0.1, 0.15) is 34.8 Å². The lowest BCUT2D eigenvalue weighted by Gasteiger charge is -2.06. The molecule has 0 aliphatic carbocycles. The maximum Gasteiger partial charge on any atom is 0.193 e. The molecule has 130 valence electrons. The number of aromatic nitrogens is 2. The molecule has 0 unspecified atom stereocenters. The summed E-state index contributed by atoms with van der Waals surface area (Å²) in [5.41, 5.74) is 2.43. The SMILES string of the molecule is CCC#CCOc1ccc(C(=O)c2ccc(Cn3ccnc3)cc2)cc1. The van der Waals surface area contributed by atoms with Gasteiger partial charge in [0.25, 0.3) is 0 Å². The lowest BCUT2D eigenvalue weighted by atomic mass is 10.0. The first-order valence-electron chi connectivity index (χ1n) is 8.54. The summed E-state index contributed by atoms with van der Waals surface area (Å²) in [7, 11) is 0. The normalized spacial score (nSPS) is 10.0. The number of nitrogens with zero attached hydrogens (tertiary/aromatic N) is 2. The van der Waals surface area contributed by atoms with Crippen molar-refractivity contribution >= 4 is 5.78 Å². The van der Waals surface area contributed by atoms with Gasteiger partial charge in [-0.15, -0.1) is 5.92 Å². The van der Waals surface area contributed by atoms with Crippen molar-refractivity contribution in [2.24, 2.45) is 0 Å². The highest BCUT2D eigenvalue weighted by molar-refractivity contribution is 6.09. The molecule has 0 saturated carbocycles. The molecule has 4 nitrogen and oxygen atoms in total. The zero-order valence-electron chi connectivity index (χ0n) is 14.7. The summed E-state index contributed by atoms with van der Waals surface area (Å²) in [5, 5.41) is 0. The van der Waals surface area contributed by atoms with Gasteiger partial charge in [-0.25, -0.2) is 4.98 Å². The molecule has 0 fully saturated rings. The molecule has 3 rings (SSSR count). The minimum atomic E-state index is -0.00324. The number of ketones is 1. The van der Waals surface area contributed by atoms with Crippen molar-refractivity contribution in [3.63, 3.8) is 0 Å². The van der Waals surface area contributed by atoms with Crippen LogP contribution < -0.4 is 4.74 Å². The largest absolute Gasteiger partial charge is 0.481 e. The minimum Gasteiger partial charge on any atom is -0.481 e. The van der Waals surface area contributed by atoms with Crippen molar-refractivity contribution in [2.45, 2.75) is 19.9 Å². The van der Waals surface area contributed by atoms with E-state index in [-0.39, 0.29) is 5.78 Å². The van der Waals surface area contributed by atoms with E-state index in [1.54, 1.807) is 36.8 Å². The second kappa shape index (κ2) is 8.68. The molecule has 3 aromatic rings. The maximum atomic E-state index is 12.6. The van der Waals surface area contributed by atoms with Crippen molar-refractivity contribution in [2.75, 3.05) is 6.61 Å². The Kier molecular flexibility index (Phi) is 5.84. The Bertz CT molecular complexity index is 900. The van der Waals surface area contributed by atoms with Crippen LogP contribution in [-0.4, -0.2) is 21.9 Å². The molecule has 0 radical (unpaired) electrons. The monoisotopic (exact) mass is 344 g/mol. The summed E-state index contributed by atoms with van der Waals surface area (Å²) in [6.07, 6.45) is 6.26. The molecule has 0 bridgehead atoms. The van der Waals surface area contributed by atoms with Crippen LogP contribution in [-0.2, 0) is 6.54 Å². The molecule has 0 N–H and O–H groups in total. The van der Waals surface area contributed by atoms with E-state index in [0.29, 0.717) is 23.5 Å². The van der Waals surface area contributed by atoms with E-state index in [1.165, 1.54) is 0 Å². The van der Waals surface area contributed by atoms with Crippen molar-refractivity contribution in [1.29, 1.82) is 0 Å². The number of carbonyl (C=O) groups excluding carboxylic acids is 1. The molecule has 26 heavy (non-hydrogen) atoms. The molecule has 2 aromatic carbocycles. The number of hydrogen-bond donors (Lipinski definition) is 0. The Morgan fingerprint density at radius 3 is 2.35 bits per heavy atom. The Morgan fingerprint density at radius 2 is 1.73 bits per heavy atom. The summed E-state index contributed by atoms with van der Waals surface area (Å²) in [5.74, 6) is 6.58. The van der Waals surface area contributed by atoms with Gasteiger partial charge in [-0.05, 0) is 29.8 Å². The van der Waals surface area contributed by atoms with E-state index in [2.05, 4.69) is 16.8 Å². The maximum absolute atomic E-state index is 12.6.